The van der Waals surface area contributed by atoms with Crippen molar-refractivity contribution in [3.63, 3.8) is 0 Å². The van der Waals surface area contributed by atoms with E-state index in [2.05, 4.69) is 12.3 Å². The number of rotatable bonds is 5. The molecule has 84 valence electrons. The van der Waals surface area contributed by atoms with Crippen LogP contribution in [0, 0.1) is 6.92 Å². The monoisotopic (exact) mass is 234 g/mol. The standard InChI is InChI=1S/C13H14O2S/c1-11-9-13(16-10-11)15-8-7-14-12-5-3-2-4-6-12/h2-6,9-10H,7-8H2,1H3. The topological polar surface area (TPSA) is 18.5 Å². The van der Waals surface area contributed by atoms with Gasteiger partial charge in [-0.1, -0.05) is 18.2 Å². The number of hydrogen-bond donors (Lipinski definition) is 0. The van der Waals surface area contributed by atoms with Crippen LogP contribution in [0.1, 0.15) is 5.56 Å². The van der Waals surface area contributed by atoms with Crippen LogP contribution in [-0.4, -0.2) is 13.2 Å². The number of hydrogen-bond acceptors (Lipinski definition) is 3. The Morgan fingerprint density at radius 1 is 1.06 bits per heavy atom. The number of thiophene rings is 1. The predicted molar refractivity (Wildman–Crippen MR) is 66.5 cm³/mol. The van der Waals surface area contributed by atoms with Crippen molar-refractivity contribution < 1.29 is 9.47 Å². The Labute approximate surface area is 99.5 Å². The molecule has 0 fully saturated rings. The fourth-order valence-corrected chi connectivity index (χ4v) is 2.07. The Morgan fingerprint density at radius 2 is 1.81 bits per heavy atom. The van der Waals surface area contributed by atoms with E-state index < -0.39 is 0 Å². The summed E-state index contributed by atoms with van der Waals surface area (Å²) < 4.78 is 11.1. The molecule has 16 heavy (non-hydrogen) atoms. The van der Waals surface area contributed by atoms with Crippen LogP contribution in [0.3, 0.4) is 0 Å². The van der Waals surface area contributed by atoms with Crippen molar-refractivity contribution in [1.82, 2.24) is 0 Å². The lowest BCUT2D eigenvalue weighted by molar-refractivity contribution is 0.221. The molecular weight excluding hydrogens is 220 g/mol. The zero-order chi connectivity index (χ0) is 11.2. The molecule has 1 aromatic heterocycles. The first kappa shape index (κ1) is 11.0. The molecule has 0 bridgehead atoms. The second-order valence-corrected chi connectivity index (χ2v) is 4.33. The molecule has 0 amide bonds. The Kier molecular flexibility index (Phi) is 3.83. The van der Waals surface area contributed by atoms with Crippen molar-refractivity contribution in [3.05, 3.63) is 47.3 Å². The normalized spacial score (nSPS) is 10.1. The first-order valence-corrected chi connectivity index (χ1v) is 6.08. The number of para-hydroxylation sites is 1. The molecular formula is C13H14O2S. The third kappa shape index (κ3) is 3.28. The quantitative estimate of drug-likeness (QED) is 0.737. The maximum Gasteiger partial charge on any atom is 0.174 e. The van der Waals surface area contributed by atoms with Gasteiger partial charge in [0.1, 0.15) is 19.0 Å². The molecule has 0 N–H and O–H groups in total. The smallest absolute Gasteiger partial charge is 0.174 e. The Hall–Kier alpha value is -1.48. The summed E-state index contributed by atoms with van der Waals surface area (Å²) in [7, 11) is 0. The lowest BCUT2D eigenvalue weighted by Crippen LogP contribution is -2.08. The largest absolute Gasteiger partial charge is 0.490 e. The van der Waals surface area contributed by atoms with E-state index in [-0.39, 0.29) is 0 Å². The summed E-state index contributed by atoms with van der Waals surface area (Å²) in [6.07, 6.45) is 0. The molecule has 0 saturated carbocycles. The minimum atomic E-state index is 0.570. The van der Waals surface area contributed by atoms with Gasteiger partial charge in [-0.3, -0.25) is 0 Å². The van der Waals surface area contributed by atoms with E-state index >= 15 is 0 Å². The summed E-state index contributed by atoms with van der Waals surface area (Å²) in [4.78, 5) is 0. The van der Waals surface area contributed by atoms with Crippen LogP contribution in [0.25, 0.3) is 0 Å². The van der Waals surface area contributed by atoms with E-state index in [1.54, 1.807) is 11.3 Å². The van der Waals surface area contributed by atoms with Crippen LogP contribution in [-0.2, 0) is 0 Å². The summed E-state index contributed by atoms with van der Waals surface area (Å²) in [5.41, 5.74) is 1.24. The molecule has 2 aromatic rings. The maximum absolute atomic E-state index is 5.54. The van der Waals surface area contributed by atoms with Crippen LogP contribution < -0.4 is 9.47 Å². The molecule has 3 heteroatoms. The zero-order valence-corrected chi connectivity index (χ0v) is 10.00. The predicted octanol–water partition coefficient (Wildman–Crippen LogP) is 3.51. The van der Waals surface area contributed by atoms with Crippen molar-refractivity contribution in [1.29, 1.82) is 0 Å². The molecule has 0 saturated heterocycles. The highest BCUT2D eigenvalue weighted by molar-refractivity contribution is 7.12. The van der Waals surface area contributed by atoms with Gasteiger partial charge in [-0.2, -0.15) is 0 Å². The van der Waals surface area contributed by atoms with Crippen LogP contribution in [0.15, 0.2) is 41.8 Å². The molecule has 1 heterocycles. The van der Waals surface area contributed by atoms with E-state index in [4.69, 9.17) is 9.47 Å². The van der Waals surface area contributed by atoms with E-state index in [0.717, 1.165) is 10.8 Å². The molecule has 0 aliphatic carbocycles. The average molecular weight is 234 g/mol. The molecule has 2 nitrogen and oxygen atoms in total. The van der Waals surface area contributed by atoms with Crippen LogP contribution in [0.4, 0.5) is 0 Å². The van der Waals surface area contributed by atoms with Gasteiger partial charge in [0.2, 0.25) is 0 Å². The Bertz CT molecular complexity index is 423. The van der Waals surface area contributed by atoms with Crippen LogP contribution in [0.2, 0.25) is 0 Å². The number of ether oxygens (including phenoxy) is 2. The Balaban J connectivity index is 1.69. The van der Waals surface area contributed by atoms with Gasteiger partial charge >= 0.3 is 0 Å². The summed E-state index contributed by atoms with van der Waals surface area (Å²) in [6.45, 7) is 3.21. The fraction of sp³-hybridized carbons (Fsp3) is 0.231. The summed E-state index contributed by atoms with van der Waals surface area (Å²) in [5.74, 6) is 0.883. The van der Waals surface area contributed by atoms with E-state index in [9.17, 15) is 0 Å². The highest BCUT2D eigenvalue weighted by Crippen LogP contribution is 2.21. The van der Waals surface area contributed by atoms with E-state index in [1.165, 1.54) is 5.56 Å². The summed E-state index contributed by atoms with van der Waals surface area (Å²) in [6, 6.07) is 11.8. The first-order valence-electron chi connectivity index (χ1n) is 5.20. The SMILES string of the molecule is Cc1csc(OCCOc2ccccc2)c1. The fourth-order valence-electron chi connectivity index (χ4n) is 1.30. The minimum Gasteiger partial charge on any atom is -0.490 e. The van der Waals surface area contributed by atoms with Gasteiger partial charge in [-0.25, -0.2) is 0 Å². The van der Waals surface area contributed by atoms with Crippen LogP contribution >= 0.6 is 11.3 Å². The first-order chi connectivity index (χ1) is 7.84. The van der Waals surface area contributed by atoms with Crippen molar-refractivity contribution in [2.75, 3.05) is 13.2 Å². The van der Waals surface area contributed by atoms with Gasteiger partial charge in [0.15, 0.2) is 5.06 Å². The zero-order valence-electron chi connectivity index (χ0n) is 9.18. The molecule has 0 aliphatic rings. The van der Waals surface area contributed by atoms with Crippen molar-refractivity contribution in [2.45, 2.75) is 6.92 Å². The molecule has 2 rings (SSSR count). The van der Waals surface area contributed by atoms with E-state index in [0.29, 0.717) is 13.2 Å². The molecule has 0 unspecified atom stereocenters. The number of aryl methyl sites for hydroxylation is 1. The highest BCUT2D eigenvalue weighted by Gasteiger charge is 1.97. The molecule has 0 atom stereocenters. The third-order valence-electron chi connectivity index (χ3n) is 2.05. The van der Waals surface area contributed by atoms with Gasteiger partial charge in [0, 0.05) is 0 Å². The van der Waals surface area contributed by atoms with E-state index in [1.807, 2.05) is 36.4 Å². The maximum atomic E-state index is 5.54. The minimum absolute atomic E-state index is 0.570. The molecule has 0 aliphatic heterocycles. The van der Waals surface area contributed by atoms with Gasteiger partial charge in [-0.15, -0.1) is 11.3 Å². The molecule has 1 aromatic carbocycles. The van der Waals surface area contributed by atoms with Gasteiger partial charge in [0.25, 0.3) is 0 Å². The second-order valence-electron chi connectivity index (χ2n) is 3.45. The van der Waals surface area contributed by atoms with Gasteiger partial charge in [-0.05, 0) is 36.1 Å². The van der Waals surface area contributed by atoms with Gasteiger partial charge in [0.05, 0.1) is 0 Å². The summed E-state index contributed by atoms with van der Waals surface area (Å²) >= 11 is 1.62. The highest BCUT2D eigenvalue weighted by atomic mass is 32.1. The van der Waals surface area contributed by atoms with Crippen LogP contribution in [0.5, 0.6) is 10.8 Å². The van der Waals surface area contributed by atoms with Crippen molar-refractivity contribution in [2.24, 2.45) is 0 Å². The molecule has 0 radical (unpaired) electrons. The van der Waals surface area contributed by atoms with Crippen molar-refractivity contribution >= 4 is 11.3 Å². The lowest BCUT2D eigenvalue weighted by atomic mass is 10.3. The summed E-state index contributed by atoms with van der Waals surface area (Å²) in [5, 5.41) is 3.03. The average Bonchev–Trinajstić information content (AvgIpc) is 2.72. The van der Waals surface area contributed by atoms with Crippen molar-refractivity contribution in [3.8, 4) is 10.8 Å². The third-order valence-corrected chi connectivity index (χ3v) is 3.00. The Morgan fingerprint density at radius 3 is 2.50 bits per heavy atom. The second kappa shape index (κ2) is 5.56. The molecule has 0 spiro atoms. The van der Waals surface area contributed by atoms with Gasteiger partial charge < -0.3 is 9.47 Å². The number of benzene rings is 1. The lowest BCUT2D eigenvalue weighted by Gasteiger charge is -2.06.